The monoisotopic (exact) mass is 363 g/mol. The molecule has 0 aliphatic heterocycles. The SMILES string of the molecule is C[N+](C)(C)OCCOc1cccc(N(c2ccccc2)c2ccccc2)c1. The van der Waals surface area contributed by atoms with Crippen LogP contribution in [0.1, 0.15) is 0 Å². The minimum absolute atomic E-state index is 0.458. The van der Waals surface area contributed by atoms with Crippen molar-refractivity contribution >= 4 is 17.1 Å². The lowest BCUT2D eigenvalue weighted by atomic mass is 10.2. The molecule has 27 heavy (non-hydrogen) atoms. The predicted molar refractivity (Wildman–Crippen MR) is 111 cm³/mol. The second-order valence-corrected chi connectivity index (χ2v) is 7.07. The number of hydrogen-bond acceptors (Lipinski definition) is 3. The first-order chi connectivity index (χ1) is 13.0. The first-order valence-corrected chi connectivity index (χ1v) is 9.12. The summed E-state index contributed by atoms with van der Waals surface area (Å²) in [4.78, 5) is 7.89. The maximum atomic E-state index is 5.90. The lowest BCUT2D eigenvalue weighted by molar-refractivity contribution is -1.06. The Bertz CT molecular complexity index is 790. The molecule has 0 atom stereocenters. The molecule has 0 saturated carbocycles. The van der Waals surface area contributed by atoms with Crippen molar-refractivity contribution in [1.82, 2.24) is 0 Å². The van der Waals surface area contributed by atoms with Crippen LogP contribution in [0, 0.1) is 0 Å². The van der Waals surface area contributed by atoms with E-state index in [0.717, 1.165) is 22.8 Å². The normalized spacial score (nSPS) is 11.2. The van der Waals surface area contributed by atoms with Crippen LogP contribution in [0.4, 0.5) is 17.1 Å². The molecular weight excluding hydrogens is 336 g/mol. The summed E-state index contributed by atoms with van der Waals surface area (Å²) >= 11 is 0. The first-order valence-electron chi connectivity index (χ1n) is 9.12. The van der Waals surface area contributed by atoms with E-state index in [2.05, 4.69) is 41.3 Å². The molecule has 3 aromatic carbocycles. The molecule has 0 N–H and O–H groups in total. The first kappa shape index (κ1) is 19.0. The molecule has 0 aliphatic rings. The van der Waals surface area contributed by atoms with Gasteiger partial charge in [0.1, 0.15) is 19.0 Å². The highest BCUT2D eigenvalue weighted by molar-refractivity contribution is 5.76. The Balaban J connectivity index is 1.81. The van der Waals surface area contributed by atoms with Gasteiger partial charge >= 0.3 is 0 Å². The summed E-state index contributed by atoms with van der Waals surface area (Å²) in [6, 6.07) is 28.8. The standard InChI is InChI=1S/C23H27N2O2/c1-25(2,3)27-18-17-26-23-16-10-15-22(19-23)24(20-11-6-4-7-12-20)21-13-8-5-9-14-21/h4-16,19H,17-18H2,1-3H3/q+1. The predicted octanol–water partition coefficient (Wildman–Crippen LogP) is 5.17. The molecule has 0 unspecified atom stereocenters. The molecule has 3 aromatic rings. The van der Waals surface area contributed by atoms with E-state index < -0.39 is 0 Å². The van der Waals surface area contributed by atoms with Crippen molar-refractivity contribution in [3.8, 4) is 5.75 Å². The summed E-state index contributed by atoms with van der Waals surface area (Å²) in [6.45, 7) is 1.05. The highest BCUT2D eigenvalue weighted by Crippen LogP contribution is 2.35. The van der Waals surface area contributed by atoms with E-state index in [0.29, 0.717) is 17.9 Å². The van der Waals surface area contributed by atoms with E-state index in [9.17, 15) is 0 Å². The zero-order chi connectivity index (χ0) is 19.1. The van der Waals surface area contributed by atoms with Gasteiger partial charge in [-0.15, -0.1) is 0 Å². The smallest absolute Gasteiger partial charge is 0.140 e. The second kappa shape index (κ2) is 8.71. The lowest BCUT2D eigenvalue weighted by Crippen LogP contribution is -2.35. The van der Waals surface area contributed by atoms with E-state index in [1.165, 1.54) is 0 Å². The molecule has 0 amide bonds. The van der Waals surface area contributed by atoms with Crippen LogP contribution >= 0.6 is 0 Å². The third kappa shape index (κ3) is 5.58. The topological polar surface area (TPSA) is 21.7 Å². The molecule has 0 fully saturated rings. The van der Waals surface area contributed by atoms with Gasteiger partial charge in [0.05, 0.1) is 21.1 Å². The summed E-state index contributed by atoms with van der Waals surface area (Å²) in [7, 11) is 5.95. The molecule has 0 bridgehead atoms. The average Bonchev–Trinajstić information content (AvgIpc) is 2.67. The van der Waals surface area contributed by atoms with Crippen molar-refractivity contribution in [3.63, 3.8) is 0 Å². The van der Waals surface area contributed by atoms with Crippen molar-refractivity contribution in [3.05, 3.63) is 84.9 Å². The minimum atomic E-state index is 0.458. The van der Waals surface area contributed by atoms with E-state index in [-0.39, 0.29) is 0 Å². The largest absolute Gasteiger partial charge is 0.491 e. The van der Waals surface area contributed by atoms with Gasteiger partial charge in [-0.05, 0) is 36.4 Å². The van der Waals surface area contributed by atoms with E-state index in [1.54, 1.807) is 0 Å². The zero-order valence-corrected chi connectivity index (χ0v) is 16.2. The molecule has 0 spiro atoms. The van der Waals surface area contributed by atoms with Crippen molar-refractivity contribution in [2.75, 3.05) is 39.3 Å². The Labute approximate surface area is 161 Å². The van der Waals surface area contributed by atoms with Crippen LogP contribution in [-0.4, -0.2) is 39.0 Å². The number of para-hydroxylation sites is 2. The van der Waals surface area contributed by atoms with Crippen LogP contribution in [0.15, 0.2) is 84.9 Å². The van der Waals surface area contributed by atoms with Crippen LogP contribution in [0.2, 0.25) is 0 Å². The molecule has 4 heteroatoms. The second-order valence-electron chi connectivity index (χ2n) is 7.07. The van der Waals surface area contributed by atoms with Crippen LogP contribution in [0.5, 0.6) is 5.75 Å². The highest BCUT2D eigenvalue weighted by Gasteiger charge is 2.13. The van der Waals surface area contributed by atoms with Crippen molar-refractivity contribution in [2.24, 2.45) is 0 Å². The molecule has 0 aliphatic carbocycles. The number of benzene rings is 3. The van der Waals surface area contributed by atoms with Gasteiger partial charge in [-0.2, -0.15) is 4.65 Å². The summed E-state index contributed by atoms with van der Waals surface area (Å²) in [5, 5.41) is 0. The highest BCUT2D eigenvalue weighted by atomic mass is 16.7. The number of rotatable bonds is 8. The van der Waals surface area contributed by atoms with Gasteiger partial charge < -0.3 is 9.64 Å². The number of hydrogen-bond donors (Lipinski definition) is 0. The summed E-state index contributed by atoms with van der Waals surface area (Å²) < 4.78 is 6.36. The maximum Gasteiger partial charge on any atom is 0.140 e. The quantitative estimate of drug-likeness (QED) is 0.313. The average molecular weight is 363 g/mol. The van der Waals surface area contributed by atoms with E-state index in [1.807, 2.05) is 69.7 Å². The fourth-order valence-corrected chi connectivity index (χ4v) is 2.78. The van der Waals surface area contributed by atoms with Gasteiger partial charge in [-0.3, -0.25) is 0 Å². The number of nitrogens with zero attached hydrogens (tertiary/aromatic N) is 2. The summed E-state index contributed by atoms with van der Waals surface area (Å²) in [5.41, 5.74) is 3.26. The van der Waals surface area contributed by atoms with Crippen LogP contribution in [-0.2, 0) is 4.84 Å². The van der Waals surface area contributed by atoms with Gasteiger partial charge in [0.15, 0.2) is 0 Å². The summed E-state index contributed by atoms with van der Waals surface area (Å²) in [5.74, 6) is 0.828. The number of anilines is 3. The van der Waals surface area contributed by atoms with Gasteiger partial charge in [0, 0.05) is 23.1 Å². The Morgan fingerprint density at radius 3 is 1.78 bits per heavy atom. The van der Waals surface area contributed by atoms with Gasteiger partial charge in [-0.1, -0.05) is 42.5 Å². The number of quaternary nitrogens is 1. The molecule has 3 rings (SSSR count). The Morgan fingerprint density at radius 1 is 0.667 bits per heavy atom. The Kier molecular flexibility index (Phi) is 6.12. The van der Waals surface area contributed by atoms with Crippen molar-refractivity contribution < 1.29 is 14.2 Å². The minimum Gasteiger partial charge on any atom is -0.491 e. The van der Waals surface area contributed by atoms with Crippen molar-refractivity contribution in [2.45, 2.75) is 0 Å². The molecule has 0 aromatic heterocycles. The van der Waals surface area contributed by atoms with Crippen LogP contribution in [0.3, 0.4) is 0 Å². The fourth-order valence-electron chi connectivity index (χ4n) is 2.78. The van der Waals surface area contributed by atoms with Crippen LogP contribution < -0.4 is 9.64 Å². The Morgan fingerprint density at radius 2 is 1.22 bits per heavy atom. The summed E-state index contributed by atoms with van der Waals surface area (Å²) in [6.07, 6.45) is 0. The fraction of sp³-hybridized carbons (Fsp3) is 0.217. The molecular formula is C23H27N2O2+. The molecule has 4 nitrogen and oxygen atoms in total. The Hall–Kier alpha value is -2.82. The number of ether oxygens (including phenoxy) is 1. The lowest BCUT2D eigenvalue weighted by Gasteiger charge is -2.25. The van der Waals surface area contributed by atoms with Crippen molar-refractivity contribution in [1.29, 1.82) is 0 Å². The molecule has 0 saturated heterocycles. The van der Waals surface area contributed by atoms with Gasteiger partial charge in [0.2, 0.25) is 0 Å². The van der Waals surface area contributed by atoms with Gasteiger partial charge in [-0.25, -0.2) is 4.84 Å². The third-order valence-corrected chi connectivity index (χ3v) is 3.94. The van der Waals surface area contributed by atoms with Crippen LogP contribution in [0.25, 0.3) is 0 Å². The van der Waals surface area contributed by atoms with E-state index >= 15 is 0 Å². The maximum absolute atomic E-state index is 5.90. The van der Waals surface area contributed by atoms with Gasteiger partial charge in [0.25, 0.3) is 0 Å². The molecule has 0 heterocycles. The molecule has 140 valence electrons. The molecule has 0 radical (unpaired) electrons. The van der Waals surface area contributed by atoms with E-state index in [4.69, 9.17) is 9.57 Å². The zero-order valence-electron chi connectivity index (χ0n) is 16.2. The third-order valence-electron chi connectivity index (χ3n) is 3.94. The number of hydroxylamine groups is 3.